The molecule has 2 aliphatic heterocycles. The summed E-state index contributed by atoms with van der Waals surface area (Å²) in [5, 5.41) is 2.09. The zero-order valence-electron chi connectivity index (χ0n) is 37.2. The van der Waals surface area contributed by atoms with E-state index in [1.165, 1.54) is 53.5 Å². The highest BCUT2D eigenvalue weighted by Gasteiger charge is 2.37. The maximum absolute atomic E-state index is 13.7. The van der Waals surface area contributed by atoms with Crippen molar-refractivity contribution in [2.45, 2.75) is 123 Å². The van der Waals surface area contributed by atoms with E-state index in [1.807, 2.05) is 47.0 Å². The smallest absolute Gasteiger partial charge is 0.271 e. The van der Waals surface area contributed by atoms with E-state index in [1.54, 1.807) is 0 Å². The first kappa shape index (κ1) is 44.4. The number of aromatic amines is 2. The Morgan fingerprint density at radius 2 is 0.953 bits per heavy atom. The average molecular weight is 897 g/mol. The van der Waals surface area contributed by atoms with Crippen LogP contribution in [0, 0.1) is 11.8 Å². The van der Waals surface area contributed by atoms with Crippen LogP contribution >= 0.6 is 11.8 Å². The van der Waals surface area contributed by atoms with Gasteiger partial charge in [-0.05, 0) is 99.3 Å². The molecule has 8 nitrogen and oxygen atoms in total. The summed E-state index contributed by atoms with van der Waals surface area (Å²) in [6.45, 7) is 3.04. The monoisotopic (exact) mass is 896 g/mol. The summed E-state index contributed by atoms with van der Waals surface area (Å²) in [6.07, 6.45) is 17.0. The maximum Gasteiger partial charge on any atom is 0.271 e. The molecule has 2 N–H and O–H groups in total. The van der Waals surface area contributed by atoms with Gasteiger partial charge in [0.15, 0.2) is 9.84 Å². The summed E-state index contributed by atoms with van der Waals surface area (Å²) in [4.78, 5) is 39.2. The van der Waals surface area contributed by atoms with E-state index in [0.29, 0.717) is 53.9 Å². The second-order valence-corrected chi connectivity index (χ2v) is 22.3. The molecule has 0 spiro atoms. The van der Waals surface area contributed by atoms with E-state index < -0.39 is 15.1 Å². The van der Waals surface area contributed by atoms with Gasteiger partial charge in [0.25, 0.3) is 11.8 Å². The molecule has 2 aliphatic carbocycles. The minimum atomic E-state index is -3.59. The van der Waals surface area contributed by atoms with Gasteiger partial charge in [0.2, 0.25) is 0 Å². The number of para-hydroxylation sites is 2. The lowest BCUT2D eigenvalue weighted by atomic mass is 9.90. The van der Waals surface area contributed by atoms with E-state index in [-0.39, 0.29) is 22.4 Å². The van der Waals surface area contributed by atoms with Crippen LogP contribution in [0.1, 0.15) is 122 Å². The third kappa shape index (κ3) is 10.2. The van der Waals surface area contributed by atoms with Gasteiger partial charge in [0.1, 0.15) is 16.3 Å². The van der Waals surface area contributed by atoms with Gasteiger partial charge in [-0.25, -0.2) is 8.42 Å². The molecule has 0 bridgehead atoms. The van der Waals surface area contributed by atoms with Crippen LogP contribution in [0.25, 0.3) is 21.8 Å². The lowest BCUT2D eigenvalue weighted by molar-refractivity contribution is 0.0674. The molecule has 4 fully saturated rings. The molecule has 2 aromatic heterocycles. The summed E-state index contributed by atoms with van der Waals surface area (Å²) in [5.41, 5.74) is 5.62. The summed E-state index contributed by atoms with van der Waals surface area (Å²) >= 11 is 1.94. The minimum absolute atomic E-state index is 0.182. The molecule has 0 unspecified atom stereocenters. The van der Waals surface area contributed by atoms with Gasteiger partial charge in [-0.1, -0.05) is 136 Å². The number of H-pyrrole nitrogens is 2. The molecule has 2 saturated carbocycles. The topological polar surface area (TPSA) is 106 Å². The highest BCUT2D eigenvalue weighted by atomic mass is 32.2. The van der Waals surface area contributed by atoms with Crippen molar-refractivity contribution in [3.8, 4) is 0 Å². The van der Waals surface area contributed by atoms with Crippen molar-refractivity contribution in [2.24, 2.45) is 11.8 Å². The number of aromatic nitrogens is 2. The fourth-order valence-electron chi connectivity index (χ4n) is 10.7. The fourth-order valence-corrected chi connectivity index (χ4v) is 14.4. The molecule has 0 radical (unpaired) electrons. The number of thioether (sulfide) groups is 1. The summed E-state index contributed by atoms with van der Waals surface area (Å²) in [6, 6.07) is 37.0. The standard InChI is InChI=1S/C27H32N2O3S.C27H32N2OS/c30-27(29-17-15-21(16-18-29)19-20-9-3-1-4-10-20)25-26(23-13-7-8-14-24(23)28-25)33(31,32)22-11-5-2-6-12-22;30-27(29-17-15-21(16-18-29)19-20-9-3-1-4-10-20)25-26(31-22-11-5-2-6-12-22)23-13-7-8-14-24(23)28-25/h1,3-4,7-10,13-14,21-22,28H,2,5-6,11-12,15-19H2;1,3-4,7-10,13-14,21-22,28H,2,5-6,11-12,15-19H2. The largest absolute Gasteiger partial charge is 0.350 e. The number of benzene rings is 4. The third-order valence-corrected chi connectivity index (χ3v) is 18.2. The van der Waals surface area contributed by atoms with Crippen LogP contribution in [0.3, 0.4) is 0 Å². The van der Waals surface area contributed by atoms with Gasteiger partial charge in [-0.2, -0.15) is 0 Å². The molecule has 2 saturated heterocycles. The Hall–Kier alpha value is -4.80. The molecular formula is C54H64N4O4S2. The minimum Gasteiger partial charge on any atom is -0.350 e. The summed E-state index contributed by atoms with van der Waals surface area (Å²) in [7, 11) is -3.59. The molecule has 64 heavy (non-hydrogen) atoms. The number of sulfone groups is 1. The number of piperidine rings is 2. The van der Waals surface area contributed by atoms with Gasteiger partial charge in [-0.15, -0.1) is 11.8 Å². The molecular weight excluding hydrogens is 833 g/mol. The maximum atomic E-state index is 13.7. The first-order chi connectivity index (χ1) is 31.3. The Kier molecular flexibility index (Phi) is 14.3. The fraction of sp³-hybridized carbons (Fsp3) is 0.444. The van der Waals surface area contributed by atoms with Crippen molar-refractivity contribution >= 4 is 55.2 Å². The van der Waals surface area contributed by atoms with E-state index in [9.17, 15) is 18.0 Å². The van der Waals surface area contributed by atoms with Gasteiger partial charge in [-0.3, -0.25) is 9.59 Å². The van der Waals surface area contributed by atoms with E-state index in [4.69, 9.17) is 0 Å². The van der Waals surface area contributed by atoms with Crippen molar-refractivity contribution in [3.05, 3.63) is 132 Å². The van der Waals surface area contributed by atoms with Crippen molar-refractivity contribution in [1.82, 2.24) is 19.8 Å². The Morgan fingerprint density at radius 3 is 1.50 bits per heavy atom. The van der Waals surface area contributed by atoms with Crippen LogP contribution in [0.15, 0.2) is 119 Å². The number of rotatable bonds is 10. The van der Waals surface area contributed by atoms with Gasteiger partial charge < -0.3 is 19.8 Å². The van der Waals surface area contributed by atoms with Crippen molar-refractivity contribution < 1.29 is 18.0 Å². The second kappa shape index (κ2) is 20.6. The Balaban J connectivity index is 0.000000162. The molecule has 4 aromatic carbocycles. The van der Waals surface area contributed by atoms with Gasteiger partial charge >= 0.3 is 0 Å². The number of likely N-dealkylation sites (tertiary alicyclic amines) is 2. The highest BCUT2D eigenvalue weighted by Crippen LogP contribution is 2.41. The Labute approximate surface area is 383 Å². The normalized spacial score (nSPS) is 18.6. The highest BCUT2D eigenvalue weighted by molar-refractivity contribution is 8.00. The number of hydrogen-bond acceptors (Lipinski definition) is 5. The second-order valence-electron chi connectivity index (χ2n) is 18.8. The van der Waals surface area contributed by atoms with Crippen LogP contribution in [0.4, 0.5) is 0 Å². The number of amides is 2. The summed E-state index contributed by atoms with van der Waals surface area (Å²) < 4.78 is 27.5. The van der Waals surface area contributed by atoms with E-state index >= 15 is 0 Å². The molecule has 6 aromatic rings. The lowest BCUT2D eigenvalue weighted by Gasteiger charge is -2.32. The third-order valence-electron chi connectivity index (χ3n) is 14.4. The van der Waals surface area contributed by atoms with Crippen LogP contribution in [0.5, 0.6) is 0 Å². The number of nitrogens with one attached hydrogen (secondary N) is 2. The number of carbonyl (C=O) groups is 2. The molecule has 0 atom stereocenters. The Morgan fingerprint density at radius 1 is 0.516 bits per heavy atom. The van der Waals surface area contributed by atoms with Crippen LogP contribution in [0.2, 0.25) is 0 Å². The number of fused-ring (bicyclic) bond motifs is 2. The zero-order chi connectivity index (χ0) is 43.9. The summed E-state index contributed by atoms with van der Waals surface area (Å²) in [5.74, 6) is 1.22. The van der Waals surface area contributed by atoms with E-state index in [2.05, 4.69) is 93.7 Å². The van der Waals surface area contributed by atoms with Gasteiger partial charge in [0.05, 0.1) is 5.25 Å². The molecule has 4 heterocycles. The number of hydrogen-bond donors (Lipinski definition) is 2. The van der Waals surface area contributed by atoms with Crippen LogP contribution in [-0.4, -0.2) is 76.7 Å². The first-order valence-corrected chi connectivity index (χ1v) is 26.5. The predicted octanol–water partition coefficient (Wildman–Crippen LogP) is 12.1. The van der Waals surface area contributed by atoms with Crippen LogP contribution in [-0.2, 0) is 22.7 Å². The first-order valence-electron chi connectivity index (χ1n) is 24.1. The van der Waals surface area contributed by atoms with Crippen LogP contribution < -0.4 is 0 Å². The number of nitrogens with zero attached hydrogens (tertiary/aromatic N) is 2. The van der Waals surface area contributed by atoms with Gasteiger partial charge in [0, 0.05) is 58.1 Å². The zero-order valence-corrected chi connectivity index (χ0v) is 38.8. The number of carbonyl (C=O) groups excluding carboxylic acids is 2. The quantitative estimate of drug-likeness (QED) is 0.142. The van der Waals surface area contributed by atoms with Crippen molar-refractivity contribution in [2.75, 3.05) is 26.2 Å². The molecule has 4 aliphatic rings. The average Bonchev–Trinajstić information content (AvgIpc) is 3.93. The molecule has 2 amide bonds. The Bertz CT molecular complexity index is 2600. The van der Waals surface area contributed by atoms with Crippen molar-refractivity contribution in [3.63, 3.8) is 0 Å². The lowest BCUT2D eigenvalue weighted by Crippen LogP contribution is -2.39. The predicted molar refractivity (Wildman–Crippen MR) is 261 cm³/mol. The van der Waals surface area contributed by atoms with Crippen molar-refractivity contribution in [1.29, 1.82) is 0 Å². The molecule has 336 valence electrons. The molecule has 10 rings (SSSR count). The SMILES string of the molecule is O=C(c1[nH]c2ccccc2c1S(=O)(=O)C1CCCCC1)N1CCC(Cc2ccccc2)CC1.O=C(c1[nH]c2ccccc2c1SC1CCCCC1)N1CCC(Cc2ccccc2)CC1. The van der Waals surface area contributed by atoms with E-state index in [0.717, 1.165) is 82.1 Å². The molecule has 10 heteroatoms.